The summed E-state index contributed by atoms with van der Waals surface area (Å²) in [5.41, 5.74) is 4.04. The van der Waals surface area contributed by atoms with Gasteiger partial charge in [-0.1, -0.05) is 48.0 Å². The highest BCUT2D eigenvalue weighted by molar-refractivity contribution is 5.42. The van der Waals surface area contributed by atoms with Gasteiger partial charge in [0, 0.05) is 25.7 Å². The average molecular weight is 409 g/mol. The SMILES string of the molecule is COc1ccc(CN(CC=C(C)C)C2CCN(Cc3ccccc3)CC2)cc1OC. The molecule has 0 radical (unpaired) electrons. The molecule has 0 aromatic heterocycles. The molecule has 0 atom stereocenters. The zero-order valence-electron chi connectivity index (χ0n) is 18.9. The first-order valence-corrected chi connectivity index (χ1v) is 10.9. The fourth-order valence-electron chi connectivity index (χ4n) is 4.14. The topological polar surface area (TPSA) is 24.9 Å². The minimum atomic E-state index is 0.598. The molecular weight excluding hydrogens is 372 g/mol. The first-order valence-electron chi connectivity index (χ1n) is 10.9. The van der Waals surface area contributed by atoms with Crippen LogP contribution in [0.4, 0.5) is 0 Å². The van der Waals surface area contributed by atoms with E-state index in [2.05, 4.69) is 72.2 Å². The molecule has 1 saturated heterocycles. The van der Waals surface area contributed by atoms with Gasteiger partial charge in [0.1, 0.15) is 0 Å². The van der Waals surface area contributed by atoms with Gasteiger partial charge in [0.2, 0.25) is 0 Å². The van der Waals surface area contributed by atoms with Crippen LogP contribution in [0.15, 0.2) is 60.2 Å². The lowest BCUT2D eigenvalue weighted by molar-refractivity contribution is 0.108. The monoisotopic (exact) mass is 408 g/mol. The third-order valence-electron chi connectivity index (χ3n) is 5.89. The van der Waals surface area contributed by atoms with Crippen LogP contribution in [0.25, 0.3) is 0 Å². The third kappa shape index (κ3) is 6.35. The molecule has 30 heavy (non-hydrogen) atoms. The van der Waals surface area contributed by atoms with Crippen molar-refractivity contribution in [1.82, 2.24) is 9.80 Å². The van der Waals surface area contributed by atoms with Gasteiger partial charge < -0.3 is 9.47 Å². The van der Waals surface area contributed by atoms with Gasteiger partial charge in [-0.3, -0.25) is 9.80 Å². The predicted molar refractivity (Wildman–Crippen MR) is 124 cm³/mol. The quantitative estimate of drug-likeness (QED) is 0.537. The van der Waals surface area contributed by atoms with E-state index in [1.165, 1.54) is 29.5 Å². The summed E-state index contributed by atoms with van der Waals surface area (Å²) in [5, 5.41) is 0. The Morgan fingerprint density at radius 3 is 2.30 bits per heavy atom. The number of piperidine rings is 1. The summed E-state index contributed by atoms with van der Waals surface area (Å²) < 4.78 is 10.9. The maximum absolute atomic E-state index is 5.51. The van der Waals surface area contributed by atoms with Crippen LogP contribution in [-0.2, 0) is 13.1 Å². The van der Waals surface area contributed by atoms with Crippen molar-refractivity contribution in [3.63, 3.8) is 0 Å². The van der Waals surface area contributed by atoms with Gasteiger partial charge in [0.15, 0.2) is 11.5 Å². The summed E-state index contributed by atoms with van der Waals surface area (Å²) in [5.74, 6) is 1.58. The molecule has 0 unspecified atom stereocenters. The van der Waals surface area contributed by atoms with Crippen LogP contribution in [-0.4, -0.2) is 49.7 Å². The van der Waals surface area contributed by atoms with Gasteiger partial charge in [-0.25, -0.2) is 0 Å². The van der Waals surface area contributed by atoms with Crippen LogP contribution in [0.3, 0.4) is 0 Å². The molecule has 0 spiro atoms. The fourth-order valence-corrected chi connectivity index (χ4v) is 4.14. The molecular formula is C26H36N2O2. The standard InChI is InChI=1S/C26H36N2O2/c1-21(2)12-17-28(20-23-10-11-25(29-3)26(18-23)30-4)24-13-15-27(16-14-24)19-22-8-6-5-7-9-22/h5-12,18,24H,13-17,19-20H2,1-4H3. The molecule has 162 valence electrons. The van der Waals surface area contributed by atoms with Crippen molar-refractivity contribution in [3.8, 4) is 11.5 Å². The molecule has 1 aliphatic rings. The van der Waals surface area contributed by atoms with Gasteiger partial charge in [-0.2, -0.15) is 0 Å². The lowest BCUT2D eigenvalue weighted by Gasteiger charge is -2.38. The van der Waals surface area contributed by atoms with E-state index in [0.29, 0.717) is 6.04 Å². The summed E-state index contributed by atoms with van der Waals surface area (Å²) in [6, 6.07) is 17.7. The normalized spacial score (nSPS) is 15.2. The summed E-state index contributed by atoms with van der Waals surface area (Å²) in [7, 11) is 3.38. The molecule has 2 aromatic carbocycles. The van der Waals surface area contributed by atoms with Crippen LogP contribution < -0.4 is 9.47 Å². The Morgan fingerprint density at radius 2 is 1.67 bits per heavy atom. The number of allylic oxidation sites excluding steroid dienone is 1. The van der Waals surface area contributed by atoms with E-state index in [9.17, 15) is 0 Å². The van der Waals surface area contributed by atoms with Gasteiger partial charge in [-0.15, -0.1) is 0 Å². The Kier molecular flexibility index (Phi) is 8.35. The Labute approximate surface area is 182 Å². The Balaban J connectivity index is 1.65. The minimum absolute atomic E-state index is 0.598. The molecule has 1 aliphatic heterocycles. The highest BCUT2D eigenvalue weighted by atomic mass is 16.5. The lowest BCUT2D eigenvalue weighted by atomic mass is 10.0. The summed E-state index contributed by atoms with van der Waals surface area (Å²) in [4.78, 5) is 5.20. The Morgan fingerprint density at radius 1 is 0.967 bits per heavy atom. The van der Waals surface area contributed by atoms with Crippen molar-refractivity contribution in [3.05, 3.63) is 71.3 Å². The van der Waals surface area contributed by atoms with Crippen LogP contribution in [0.2, 0.25) is 0 Å². The molecule has 1 heterocycles. The maximum atomic E-state index is 5.51. The van der Waals surface area contributed by atoms with E-state index in [0.717, 1.165) is 44.2 Å². The number of likely N-dealkylation sites (tertiary alicyclic amines) is 1. The smallest absolute Gasteiger partial charge is 0.161 e. The maximum Gasteiger partial charge on any atom is 0.161 e. The number of nitrogens with zero attached hydrogens (tertiary/aromatic N) is 2. The van der Waals surface area contributed by atoms with Crippen molar-refractivity contribution in [2.45, 2.75) is 45.8 Å². The first-order chi connectivity index (χ1) is 14.6. The van der Waals surface area contributed by atoms with Crippen molar-refractivity contribution in [2.75, 3.05) is 33.9 Å². The van der Waals surface area contributed by atoms with E-state index in [-0.39, 0.29) is 0 Å². The van der Waals surface area contributed by atoms with E-state index in [4.69, 9.17) is 9.47 Å². The minimum Gasteiger partial charge on any atom is -0.493 e. The van der Waals surface area contributed by atoms with Crippen molar-refractivity contribution >= 4 is 0 Å². The molecule has 0 amide bonds. The molecule has 1 fully saturated rings. The van der Waals surface area contributed by atoms with E-state index in [1.807, 2.05) is 6.07 Å². The second kappa shape index (κ2) is 11.2. The molecule has 3 rings (SSSR count). The van der Waals surface area contributed by atoms with Crippen LogP contribution in [0.5, 0.6) is 11.5 Å². The number of ether oxygens (including phenoxy) is 2. The molecule has 0 bridgehead atoms. The van der Waals surface area contributed by atoms with Crippen molar-refractivity contribution < 1.29 is 9.47 Å². The highest BCUT2D eigenvalue weighted by Gasteiger charge is 2.24. The van der Waals surface area contributed by atoms with Crippen LogP contribution >= 0.6 is 0 Å². The lowest BCUT2D eigenvalue weighted by Crippen LogP contribution is -2.44. The fraction of sp³-hybridized carbons (Fsp3) is 0.462. The average Bonchev–Trinajstić information content (AvgIpc) is 2.77. The largest absolute Gasteiger partial charge is 0.493 e. The van der Waals surface area contributed by atoms with E-state index >= 15 is 0 Å². The summed E-state index contributed by atoms with van der Waals surface area (Å²) in [6.07, 6.45) is 4.75. The summed E-state index contributed by atoms with van der Waals surface area (Å²) >= 11 is 0. The van der Waals surface area contributed by atoms with E-state index in [1.54, 1.807) is 14.2 Å². The Hall–Kier alpha value is -2.30. The second-order valence-electron chi connectivity index (χ2n) is 8.39. The Bertz CT molecular complexity index is 807. The van der Waals surface area contributed by atoms with Crippen LogP contribution in [0.1, 0.15) is 37.8 Å². The van der Waals surface area contributed by atoms with Gasteiger partial charge in [0.05, 0.1) is 14.2 Å². The zero-order chi connectivity index (χ0) is 21.3. The number of benzene rings is 2. The van der Waals surface area contributed by atoms with Crippen LogP contribution in [0, 0.1) is 0 Å². The zero-order valence-corrected chi connectivity index (χ0v) is 18.9. The molecule has 0 N–H and O–H groups in total. The molecule has 4 heteroatoms. The second-order valence-corrected chi connectivity index (χ2v) is 8.39. The molecule has 2 aromatic rings. The van der Waals surface area contributed by atoms with E-state index < -0.39 is 0 Å². The van der Waals surface area contributed by atoms with Gasteiger partial charge in [0.25, 0.3) is 0 Å². The summed E-state index contributed by atoms with van der Waals surface area (Å²) in [6.45, 7) is 9.62. The van der Waals surface area contributed by atoms with Gasteiger partial charge in [-0.05, 0) is 63.0 Å². The third-order valence-corrected chi connectivity index (χ3v) is 5.89. The molecule has 4 nitrogen and oxygen atoms in total. The molecule has 0 aliphatic carbocycles. The number of methoxy groups -OCH3 is 2. The van der Waals surface area contributed by atoms with Gasteiger partial charge >= 0.3 is 0 Å². The van der Waals surface area contributed by atoms with Crippen molar-refractivity contribution in [2.24, 2.45) is 0 Å². The number of hydrogen-bond donors (Lipinski definition) is 0. The highest BCUT2D eigenvalue weighted by Crippen LogP contribution is 2.29. The molecule has 0 saturated carbocycles. The number of hydrogen-bond acceptors (Lipinski definition) is 4. The predicted octanol–water partition coefficient (Wildman–Crippen LogP) is 5.14. The van der Waals surface area contributed by atoms with Crippen molar-refractivity contribution in [1.29, 1.82) is 0 Å². The first kappa shape index (κ1) is 22.4. The number of rotatable bonds is 9.